The van der Waals surface area contributed by atoms with Crippen molar-refractivity contribution in [2.75, 3.05) is 19.6 Å². The second kappa shape index (κ2) is 6.62. The first-order chi connectivity index (χ1) is 5.65. The minimum atomic E-state index is -0.486. The van der Waals surface area contributed by atoms with Gasteiger partial charge in [-0.3, -0.25) is 4.79 Å². The van der Waals surface area contributed by atoms with E-state index in [9.17, 15) is 4.79 Å². The Morgan fingerprint density at radius 2 is 2.00 bits per heavy atom. The van der Waals surface area contributed by atoms with Gasteiger partial charge in [0.25, 0.3) is 0 Å². The molecule has 0 saturated carbocycles. The third kappa shape index (κ3) is 4.23. The number of hydrogen-bond acceptors (Lipinski definition) is 5. The van der Waals surface area contributed by atoms with E-state index >= 15 is 0 Å². The third-order valence-electron chi connectivity index (χ3n) is 1.48. The molecule has 0 bridgehead atoms. The molecule has 0 radical (unpaired) electrons. The van der Waals surface area contributed by atoms with Crippen LogP contribution in [0.4, 0.5) is 0 Å². The fraction of sp³-hybridized carbons (Fsp3) is 0.857. The molecule has 0 aliphatic heterocycles. The van der Waals surface area contributed by atoms with Crippen molar-refractivity contribution in [1.29, 1.82) is 0 Å². The van der Waals surface area contributed by atoms with E-state index < -0.39 is 6.04 Å². The summed E-state index contributed by atoms with van der Waals surface area (Å²) in [4.78, 5) is 10.9. The first-order valence-corrected chi connectivity index (χ1v) is 6.12. The minimum Gasteiger partial charge on any atom is -0.468 e. The van der Waals surface area contributed by atoms with Gasteiger partial charge in [-0.05, 0) is 18.9 Å². The van der Waals surface area contributed by atoms with Gasteiger partial charge in [-0.15, -0.1) is 0 Å². The molecule has 12 heavy (non-hydrogen) atoms. The summed E-state index contributed by atoms with van der Waals surface area (Å²) < 4.78 is 4.89. The Bertz CT molecular complexity index is 139. The third-order valence-corrected chi connectivity index (χ3v) is 4.07. The molecule has 0 aromatic carbocycles. The Balaban J connectivity index is 3.80. The van der Waals surface area contributed by atoms with Crippen LogP contribution in [0.5, 0.6) is 0 Å². The van der Waals surface area contributed by atoms with Crippen molar-refractivity contribution < 1.29 is 9.53 Å². The molecule has 5 heteroatoms. The molecule has 0 aromatic rings. The number of methoxy groups -OCH3 is 1. The van der Waals surface area contributed by atoms with E-state index in [4.69, 9.17) is 5.73 Å². The van der Waals surface area contributed by atoms with Gasteiger partial charge in [0.15, 0.2) is 0 Å². The predicted octanol–water partition coefficient (Wildman–Crippen LogP) is 0.929. The first-order valence-electron chi connectivity index (χ1n) is 3.54. The molecule has 3 nitrogen and oxygen atoms in total. The standard InChI is InChI=1S/C7H15NO2S2/c1-10-7(9)5(8)4-6(11-2)12-3/h5-6H,4,8H2,1-3H3/t5-/m0/s1. The fourth-order valence-electron chi connectivity index (χ4n) is 0.744. The Morgan fingerprint density at radius 3 is 2.33 bits per heavy atom. The highest BCUT2D eigenvalue weighted by Gasteiger charge is 2.18. The lowest BCUT2D eigenvalue weighted by molar-refractivity contribution is -0.142. The van der Waals surface area contributed by atoms with Crippen LogP contribution in [0.3, 0.4) is 0 Å². The van der Waals surface area contributed by atoms with Crippen molar-refractivity contribution in [3.63, 3.8) is 0 Å². The van der Waals surface area contributed by atoms with Gasteiger partial charge in [0.1, 0.15) is 6.04 Å². The number of ether oxygens (including phenoxy) is 1. The number of rotatable bonds is 5. The fourth-order valence-corrected chi connectivity index (χ4v) is 2.31. The van der Waals surface area contributed by atoms with Crippen molar-refractivity contribution in [3.05, 3.63) is 0 Å². The maximum absolute atomic E-state index is 10.9. The van der Waals surface area contributed by atoms with E-state index in [-0.39, 0.29) is 5.97 Å². The van der Waals surface area contributed by atoms with Gasteiger partial charge in [-0.25, -0.2) is 0 Å². The molecule has 0 aromatic heterocycles. The van der Waals surface area contributed by atoms with Crippen LogP contribution >= 0.6 is 23.5 Å². The molecule has 0 rings (SSSR count). The zero-order chi connectivity index (χ0) is 9.56. The van der Waals surface area contributed by atoms with E-state index in [0.717, 1.165) is 0 Å². The van der Waals surface area contributed by atoms with Gasteiger partial charge in [-0.1, -0.05) is 0 Å². The minimum absolute atomic E-state index is 0.330. The number of esters is 1. The van der Waals surface area contributed by atoms with Gasteiger partial charge in [-0.2, -0.15) is 23.5 Å². The summed E-state index contributed by atoms with van der Waals surface area (Å²) in [7, 11) is 1.36. The number of nitrogens with two attached hydrogens (primary N) is 1. The highest BCUT2D eigenvalue weighted by Crippen LogP contribution is 2.22. The Kier molecular flexibility index (Phi) is 6.70. The lowest BCUT2D eigenvalue weighted by Crippen LogP contribution is -2.33. The van der Waals surface area contributed by atoms with E-state index in [1.54, 1.807) is 23.5 Å². The SMILES string of the molecule is COC(=O)[C@@H](N)CC(SC)SC. The summed E-state index contributed by atoms with van der Waals surface area (Å²) in [5.41, 5.74) is 5.58. The zero-order valence-electron chi connectivity index (χ0n) is 7.57. The Labute approximate surface area is 81.8 Å². The number of hydrogen-bond donors (Lipinski definition) is 1. The number of thioether (sulfide) groups is 2. The highest BCUT2D eigenvalue weighted by molar-refractivity contribution is 8.16. The summed E-state index contributed by atoms with van der Waals surface area (Å²) in [6, 6.07) is -0.486. The van der Waals surface area contributed by atoms with Crippen molar-refractivity contribution >= 4 is 29.5 Å². The van der Waals surface area contributed by atoms with Gasteiger partial charge in [0.2, 0.25) is 0 Å². The summed E-state index contributed by atoms with van der Waals surface area (Å²) >= 11 is 3.40. The largest absolute Gasteiger partial charge is 0.468 e. The van der Waals surface area contributed by atoms with Crippen LogP contribution in [0.1, 0.15) is 6.42 Å². The number of carbonyl (C=O) groups is 1. The number of carbonyl (C=O) groups excluding carboxylic acids is 1. The summed E-state index contributed by atoms with van der Waals surface area (Å²) in [5, 5.41) is 0. The molecule has 72 valence electrons. The smallest absolute Gasteiger partial charge is 0.322 e. The molecule has 2 N–H and O–H groups in total. The highest BCUT2D eigenvalue weighted by atomic mass is 32.2. The summed E-state index contributed by atoms with van der Waals surface area (Å²) in [5.74, 6) is -0.330. The summed E-state index contributed by atoms with van der Waals surface area (Å²) in [6.07, 6.45) is 4.67. The van der Waals surface area contributed by atoms with Crippen molar-refractivity contribution in [2.45, 2.75) is 17.0 Å². The topological polar surface area (TPSA) is 52.3 Å². The predicted molar refractivity (Wildman–Crippen MR) is 55.4 cm³/mol. The Hall–Kier alpha value is 0.130. The van der Waals surface area contributed by atoms with Gasteiger partial charge in [0.05, 0.1) is 11.7 Å². The lowest BCUT2D eigenvalue weighted by atomic mass is 10.2. The van der Waals surface area contributed by atoms with Gasteiger partial charge >= 0.3 is 5.97 Å². The molecule has 0 aliphatic carbocycles. The molecular formula is C7H15NO2S2. The zero-order valence-corrected chi connectivity index (χ0v) is 9.21. The molecule has 0 spiro atoms. The molecule has 0 aliphatic rings. The van der Waals surface area contributed by atoms with Crippen molar-refractivity contribution in [3.8, 4) is 0 Å². The van der Waals surface area contributed by atoms with Crippen LogP contribution in [0.25, 0.3) is 0 Å². The molecular weight excluding hydrogens is 194 g/mol. The molecule has 0 saturated heterocycles. The molecule has 0 heterocycles. The van der Waals surface area contributed by atoms with E-state index in [1.165, 1.54) is 7.11 Å². The second-order valence-electron chi connectivity index (χ2n) is 2.27. The molecule has 0 amide bonds. The normalized spacial score (nSPS) is 13.1. The van der Waals surface area contributed by atoms with Crippen molar-refractivity contribution in [1.82, 2.24) is 0 Å². The molecule has 0 fully saturated rings. The molecule has 1 atom stereocenters. The average Bonchev–Trinajstić information content (AvgIpc) is 2.12. The van der Waals surface area contributed by atoms with Crippen LogP contribution in [0.15, 0.2) is 0 Å². The van der Waals surface area contributed by atoms with E-state index in [2.05, 4.69) is 4.74 Å². The van der Waals surface area contributed by atoms with Crippen LogP contribution in [-0.4, -0.2) is 36.2 Å². The lowest BCUT2D eigenvalue weighted by Gasteiger charge is -2.15. The maximum atomic E-state index is 10.9. The van der Waals surface area contributed by atoms with Crippen LogP contribution < -0.4 is 5.73 Å². The van der Waals surface area contributed by atoms with Crippen LogP contribution in [0.2, 0.25) is 0 Å². The summed E-state index contributed by atoms with van der Waals surface area (Å²) in [6.45, 7) is 0. The van der Waals surface area contributed by atoms with Crippen LogP contribution in [0, 0.1) is 0 Å². The second-order valence-corrected chi connectivity index (χ2v) is 4.65. The average molecular weight is 209 g/mol. The van der Waals surface area contributed by atoms with E-state index in [0.29, 0.717) is 11.0 Å². The van der Waals surface area contributed by atoms with Gasteiger partial charge in [0, 0.05) is 0 Å². The Morgan fingerprint density at radius 1 is 1.50 bits per heavy atom. The first kappa shape index (κ1) is 12.1. The van der Waals surface area contributed by atoms with Crippen LogP contribution in [-0.2, 0) is 9.53 Å². The van der Waals surface area contributed by atoms with E-state index in [1.807, 2.05) is 12.5 Å². The van der Waals surface area contributed by atoms with Gasteiger partial charge < -0.3 is 10.5 Å². The maximum Gasteiger partial charge on any atom is 0.322 e. The molecule has 0 unspecified atom stereocenters. The van der Waals surface area contributed by atoms with Crippen molar-refractivity contribution in [2.24, 2.45) is 5.73 Å². The quantitative estimate of drug-likeness (QED) is 0.539. The monoisotopic (exact) mass is 209 g/mol.